The van der Waals surface area contributed by atoms with E-state index in [1.54, 1.807) is 44.4 Å². The SMILES string of the molecule is COc1ccc(/C=C(/C#N)C(=O)OCc2cc(C)on2)cc1. The summed E-state index contributed by atoms with van der Waals surface area (Å²) in [5.74, 6) is 0.610. The number of esters is 1. The van der Waals surface area contributed by atoms with E-state index in [0.29, 0.717) is 22.8 Å². The van der Waals surface area contributed by atoms with Crippen molar-refractivity contribution in [1.82, 2.24) is 5.16 Å². The van der Waals surface area contributed by atoms with Crippen LogP contribution >= 0.6 is 0 Å². The predicted molar refractivity (Wildman–Crippen MR) is 77.6 cm³/mol. The minimum atomic E-state index is -0.709. The van der Waals surface area contributed by atoms with Crippen LogP contribution in [-0.4, -0.2) is 18.2 Å². The van der Waals surface area contributed by atoms with Crippen molar-refractivity contribution in [1.29, 1.82) is 5.26 Å². The third-order valence-electron chi connectivity index (χ3n) is 2.80. The molecule has 0 aliphatic carbocycles. The maximum atomic E-state index is 11.9. The number of nitriles is 1. The van der Waals surface area contributed by atoms with Gasteiger partial charge in [0.15, 0.2) is 0 Å². The van der Waals surface area contributed by atoms with Gasteiger partial charge in [0.05, 0.1) is 7.11 Å². The van der Waals surface area contributed by atoms with Gasteiger partial charge in [-0.3, -0.25) is 0 Å². The largest absolute Gasteiger partial charge is 0.497 e. The summed E-state index contributed by atoms with van der Waals surface area (Å²) in [7, 11) is 1.56. The second-order valence-corrected chi connectivity index (χ2v) is 4.45. The molecule has 0 atom stereocenters. The Hall–Kier alpha value is -3.07. The summed E-state index contributed by atoms with van der Waals surface area (Å²) in [6, 6.07) is 10.5. The van der Waals surface area contributed by atoms with Crippen molar-refractivity contribution in [3.8, 4) is 11.8 Å². The minimum Gasteiger partial charge on any atom is -0.497 e. The van der Waals surface area contributed by atoms with Gasteiger partial charge < -0.3 is 14.0 Å². The average molecular weight is 298 g/mol. The lowest BCUT2D eigenvalue weighted by molar-refractivity contribution is -0.139. The van der Waals surface area contributed by atoms with Crippen molar-refractivity contribution in [3.63, 3.8) is 0 Å². The number of aromatic nitrogens is 1. The Kier molecular flexibility index (Phi) is 4.94. The third kappa shape index (κ3) is 3.96. The van der Waals surface area contributed by atoms with Crippen LogP contribution in [-0.2, 0) is 16.1 Å². The Labute approximate surface area is 127 Å². The quantitative estimate of drug-likeness (QED) is 0.479. The number of aryl methyl sites for hydroxylation is 1. The Bertz CT molecular complexity index is 723. The van der Waals surface area contributed by atoms with Crippen LogP contribution < -0.4 is 4.74 Å². The van der Waals surface area contributed by atoms with E-state index in [2.05, 4.69) is 5.16 Å². The molecular weight excluding hydrogens is 284 g/mol. The van der Waals surface area contributed by atoms with E-state index in [1.807, 2.05) is 6.07 Å². The van der Waals surface area contributed by atoms with Gasteiger partial charge in [-0.1, -0.05) is 17.3 Å². The second kappa shape index (κ2) is 7.09. The van der Waals surface area contributed by atoms with E-state index in [-0.39, 0.29) is 12.2 Å². The van der Waals surface area contributed by atoms with Gasteiger partial charge in [0.2, 0.25) is 0 Å². The number of hydrogen-bond acceptors (Lipinski definition) is 6. The maximum absolute atomic E-state index is 11.9. The third-order valence-corrected chi connectivity index (χ3v) is 2.80. The zero-order valence-corrected chi connectivity index (χ0v) is 12.2. The van der Waals surface area contributed by atoms with Gasteiger partial charge in [-0.15, -0.1) is 0 Å². The monoisotopic (exact) mass is 298 g/mol. The Morgan fingerprint density at radius 1 is 1.41 bits per heavy atom. The fraction of sp³-hybridized carbons (Fsp3) is 0.188. The summed E-state index contributed by atoms with van der Waals surface area (Å²) in [4.78, 5) is 11.9. The van der Waals surface area contributed by atoms with E-state index >= 15 is 0 Å². The number of nitrogens with zero attached hydrogens (tertiary/aromatic N) is 2. The number of carbonyl (C=O) groups is 1. The molecule has 0 unspecified atom stereocenters. The molecule has 0 aliphatic heterocycles. The van der Waals surface area contributed by atoms with Gasteiger partial charge in [-0.2, -0.15) is 5.26 Å². The zero-order chi connectivity index (χ0) is 15.9. The van der Waals surface area contributed by atoms with E-state index in [4.69, 9.17) is 19.3 Å². The highest BCUT2D eigenvalue weighted by atomic mass is 16.5. The number of carbonyl (C=O) groups excluding carboxylic acids is 1. The highest BCUT2D eigenvalue weighted by Gasteiger charge is 2.12. The van der Waals surface area contributed by atoms with E-state index in [9.17, 15) is 4.79 Å². The molecule has 0 aliphatic rings. The molecule has 0 radical (unpaired) electrons. The van der Waals surface area contributed by atoms with Crippen molar-refractivity contribution in [2.75, 3.05) is 7.11 Å². The first kappa shape index (κ1) is 15.3. The van der Waals surface area contributed by atoms with Crippen molar-refractivity contribution in [2.24, 2.45) is 0 Å². The normalized spacial score (nSPS) is 10.9. The van der Waals surface area contributed by atoms with Gasteiger partial charge in [0, 0.05) is 6.07 Å². The van der Waals surface area contributed by atoms with Gasteiger partial charge in [0.25, 0.3) is 0 Å². The summed E-state index contributed by atoms with van der Waals surface area (Å²) in [6.07, 6.45) is 1.45. The molecule has 0 fully saturated rings. The van der Waals surface area contributed by atoms with E-state index in [1.165, 1.54) is 6.08 Å². The standard InChI is InChI=1S/C16H14N2O4/c1-11-7-14(18-22-11)10-21-16(19)13(9-17)8-12-3-5-15(20-2)6-4-12/h3-8H,10H2,1-2H3/b13-8-. The molecule has 0 spiro atoms. The molecule has 0 N–H and O–H groups in total. The van der Waals surface area contributed by atoms with Gasteiger partial charge >= 0.3 is 5.97 Å². The van der Waals surface area contributed by atoms with Gasteiger partial charge in [-0.05, 0) is 30.7 Å². The number of rotatable bonds is 5. The van der Waals surface area contributed by atoms with E-state index < -0.39 is 5.97 Å². The molecule has 0 saturated carbocycles. The van der Waals surface area contributed by atoms with Gasteiger partial charge in [-0.25, -0.2) is 4.79 Å². The van der Waals surface area contributed by atoms with Crippen molar-refractivity contribution in [3.05, 3.63) is 52.9 Å². The summed E-state index contributed by atoms with van der Waals surface area (Å²) in [5.41, 5.74) is 1.10. The topological polar surface area (TPSA) is 85.3 Å². The van der Waals surface area contributed by atoms with Crippen LogP contribution in [0.2, 0.25) is 0 Å². The lowest BCUT2D eigenvalue weighted by Crippen LogP contribution is -2.07. The molecule has 2 aromatic rings. The van der Waals surface area contributed by atoms with Crippen LogP contribution in [0.5, 0.6) is 5.75 Å². The van der Waals surface area contributed by atoms with Crippen LogP contribution in [0.4, 0.5) is 0 Å². The predicted octanol–water partition coefficient (Wildman–Crippen LogP) is 2.64. The van der Waals surface area contributed by atoms with Crippen LogP contribution in [0.3, 0.4) is 0 Å². The molecule has 0 saturated heterocycles. The molecular formula is C16H14N2O4. The Morgan fingerprint density at radius 2 is 2.14 bits per heavy atom. The molecule has 0 bridgehead atoms. The molecule has 6 nitrogen and oxygen atoms in total. The Morgan fingerprint density at radius 3 is 2.68 bits per heavy atom. The van der Waals surface area contributed by atoms with Crippen LogP contribution in [0.15, 0.2) is 40.4 Å². The van der Waals surface area contributed by atoms with Gasteiger partial charge in [0.1, 0.15) is 35.5 Å². The molecule has 112 valence electrons. The molecule has 22 heavy (non-hydrogen) atoms. The van der Waals surface area contributed by atoms with Crippen LogP contribution in [0, 0.1) is 18.3 Å². The maximum Gasteiger partial charge on any atom is 0.349 e. The lowest BCUT2D eigenvalue weighted by atomic mass is 10.1. The summed E-state index contributed by atoms with van der Waals surface area (Å²) >= 11 is 0. The van der Waals surface area contributed by atoms with Crippen LogP contribution in [0.25, 0.3) is 6.08 Å². The molecule has 1 heterocycles. The van der Waals surface area contributed by atoms with Crippen molar-refractivity contribution in [2.45, 2.75) is 13.5 Å². The summed E-state index contributed by atoms with van der Waals surface area (Å²) in [5, 5.41) is 12.8. The number of methoxy groups -OCH3 is 1. The summed E-state index contributed by atoms with van der Waals surface area (Å²) in [6.45, 7) is 1.69. The van der Waals surface area contributed by atoms with Crippen molar-refractivity contribution >= 4 is 12.0 Å². The Balaban J connectivity index is 2.04. The number of ether oxygens (including phenoxy) is 2. The number of hydrogen-bond donors (Lipinski definition) is 0. The number of benzene rings is 1. The average Bonchev–Trinajstić information content (AvgIpc) is 2.96. The van der Waals surface area contributed by atoms with E-state index in [0.717, 1.165) is 0 Å². The second-order valence-electron chi connectivity index (χ2n) is 4.45. The molecule has 0 amide bonds. The molecule has 2 rings (SSSR count). The summed E-state index contributed by atoms with van der Waals surface area (Å²) < 4.78 is 14.9. The smallest absolute Gasteiger partial charge is 0.349 e. The molecule has 1 aromatic heterocycles. The fourth-order valence-electron chi connectivity index (χ4n) is 1.71. The highest BCUT2D eigenvalue weighted by molar-refractivity contribution is 5.97. The first-order valence-electron chi connectivity index (χ1n) is 6.47. The lowest BCUT2D eigenvalue weighted by Gasteiger charge is -2.02. The minimum absolute atomic E-state index is 0.0438. The zero-order valence-electron chi connectivity index (χ0n) is 12.2. The van der Waals surface area contributed by atoms with Crippen LogP contribution in [0.1, 0.15) is 17.0 Å². The van der Waals surface area contributed by atoms with Crippen molar-refractivity contribution < 1.29 is 18.8 Å². The highest BCUT2D eigenvalue weighted by Crippen LogP contribution is 2.14. The fourth-order valence-corrected chi connectivity index (χ4v) is 1.71. The molecule has 1 aromatic carbocycles. The first-order valence-corrected chi connectivity index (χ1v) is 6.47. The first-order chi connectivity index (χ1) is 10.6. The molecule has 6 heteroatoms.